The maximum absolute atomic E-state index is 10.9. The molecule has 2 rings (SSSR count). The highest BCUT2D eigenvalue weighted by atomic mass is 16.5. The molecule has 1 fully saturated rings. The van der Waals surface area contributed by atoms with E-state index in [9.17, 15) is 9.59 Å². The summed E-state index contributed by atoms with van der Waals surface area (Å²) in [6.07, 6.45) is -0.419. The van der Waals surface area contributed by atoms with Crippen LogP contribution in [0.1, 0.15) is 18.7 Å². The Balaban J connectivity index is 2.02. The number of hydrogen-bond acceptors (Lipinski definition) is 4. The van der Waals surface area contributed by atoms with Gasteiger partial charge in [-0.05, 0) is 17.7 Å². The van der Waals surface area contributed by atoms with Crippen molar-refractivity contribution in [1.29, 1.82) is 0 Å². The predicted molar refractivity (Wildman–Crippen MR) is 64.0 cm³/mol. The average Bonchev–Trinajstić information content (AvgIpc) is 2.78. The molecule has 0 aliphatic carbocycles. The minimum Gasteiger partial charge on any atom is -0.480 e. The van der Waals surface area contributed by atoms with Crippen LogP contribution in [0.25, 0.3) is 0 Å². The molecular weight excluding hydrogens is 236 g/mol. The summed E-state index contributed by atoms with van der Waals surface area (Å²) in [6, 6.07) is 6.39. The Kier molecular flexibility index (Phi) is 3.59. The number of aliphatic carboxylic acids is 1. The van der Waals surface area contributed by atoms with Gasteiger partial charge in [0.05, 0.1) is 6.61 Å². The Morgan fingerprint density at radius 1 is 1.39 bits per heavy atom. The van der Waals surface area contributed by atoms with Crippen LogP contribution in [0.5, 0.6) is 0 Å². The van der Waals surface area contributed by atoms with Gasteiger partial charge in [-0.3, -0.25) is 14.9 Å². The summed E-state index contributed by atoms with van der Waals surface area (Å²) in [6.45, 7) is 1.58. The van der Waals surface area contributed by atoms with Crippen molar-refractivity contribution in [3.63, 3.8) is 0 Å². The molecular formula is C12H14N2O4. The summed E-state index contributed by atoms with van der Waals surface area (Å²) in [5.41, 5.74) is 1.52. The van der Waals surface area contributed by atoms with Gasteiger partial charge in [-0.15, -0.1) is 0 Å². The van der Waals surface area contributed by atoms with Crippen molar-refractivity contribution in [2.24, 2.45) is 0 Å². The maximum Gasteiger partial charge on any atom is 0.323 e. The first-order valence-electron chi connectivity index (χ1n) is 5.54. The number of carboxylic acid groups (broad SMARTS) is 1. The number of benzene rings is 1. The molecule has 3 N–H and O–H groups in total. The van der Waals surface area contributed by atoms with Gasteiger partial charge in [0, 0.05) is 12.6 Å². The fourth-order valence-corrected chi connectivity index (χ4v) is 1.75. The third-order valence-electron chi connectivity index (χ3n) is 2.61. The first-order valence-corrected chi connectivity index (χ1v) is 5.54. The zero-order chi connectivity index (χ0) is 13.1. The quantitative estimate of drug-likeness (QED) is 0.735. The second-order valence-electron chi connectivity index (χ2n) is 4.07. The van der Waals surface area contributed by atoms with Gasteiger partial charge in [0.25, 0.3) is 0 Å². The topological polar surface area (TPSA) is 87.7 Å². The van der Waals surface area contributed by atoms with E-state index in [1.165, 1.54) is 6.92 Å². The van der Waals surface area contributed by atoms with Crippen LogP contribution in [0.3, 0.4) is 0 Å². The van der Waals surface area contributed by atoms with Crippen molar-refractivity contribution in [3.8, 4) is 0 Å². The van der Waals surface area contributed by atoms with E-state index in [0.717, 1.165) is 5.56 Å². The molecule has 6 heteroatoms. The van der Waals surface area contributed by atoms with Gasteiger partial charge in [0.1, 0.15) is 12.3 Å². The van der Waals surface area contributed by atoms with Crippen LogP contribution in [0.15, 0.2) is 24.3 Å². The van der Waals surface area contributed by atoms with Crippen LogP contribution >= 0.6 is 0 Å². The SMILES string of the molecule is CC(=O)Nc1ccc(C2N[C@H](C(=O)O)CO2)cc1. The van der Waals surface area contributed by atoms with Gasteiger partial charge in [-0.1, -0.05) is 12.1 Å². The molecule has 1 aromatic rings. The molecule has 1 aromatic carbocycles. The van der Waals surface area contributed by atoms with Crippen LogP contribution in [0, 0.1) is 0 Å². The van der Waals surface area contributed by atoms with Gasteiger partial charge in [-0.2, -0.15) is 0 Å². The summed E-state index contributed by atoms with van der Waals surface area (Å²) < 4.78 is 5.35. The molecule has 0 spiro atoms. The first-order chi connectivity index (χ1) is 8.56. The van der Waals surface area contributed by atoms with Crippen molar-refractivity contribution in [3.05, 3.63) is 29.8 Å². The lowest BCUT2D eigenvalue weighted by Gasteiger charge is -2.11. The highest BCUT2D eigenvalue weighted by Gasteiger charge is 2.30. The van der Waals surface area contributed by atoms with Gasteiger partial charge in [-0.25, -0.2) is 0 Å². The van der Waals surface area contributed by atoms with Crippen LogP contribution in [0.2, 0.25) is 0 Å². The molecule has 96 valence electrons. The molecule has 0 saturated carbocycles. The molecule has 0 radical (unpaired) electrons. The molecule has 1 saturated heterocycles. The van der Waals surface area contributed by atoms with Crippen LogP contribution in [-0.4, -0.2) is 29.6 Å². The Labute approximate surface area is 104 Å². The minimum absolute atomic E-state index is 0.135. The van der Waals surface area contributed by atoms with Crippen LogP contribution < -0.4 is 10.6 Å². The largest absolute Gasteiger partial charge is 0.480 e. The zero-order valence-electron chi connectivity index (χ0n) is 9.84. The number of anilines is 1. The van der Waals surface area contributed by atoms with Crippen molar-refractivity contribution in [2.45, 2.75) is 19.2 Å². The number of ether oxygens (including phenoxy) is 1. The lowest BCUT2D eigenvalue weighted by Crippen LogP contribution is -2.33. The van der Waals surface area contributed by atoms with Crippen molar-refractivity contribution in [1.82, 2.24) is 5.32 Å². The molecule has 0 aromatic heterocycles. The monoisotopic (exact) mass is 250 g/mol. The Bertz CT molecular complexity index is 458. The number of hydrogen-bond donors (Lipinski definition) is 3. The molecule has 18 heavy (non-hydrogen) atoms. The third kappa shape index (κ3) is 2.85. The van der Waals surface area contributed by atoms with E-state index in [1.807, 2.05) is 0 Å². The van der Waals surface area contributed by atoms with E-state index in [2.05, 4.69) is 10.6 Å². The number of carbonyl (C=O) groups is 2. The number of carboxylic acids is 1. The lowest BCUT2D eigenvalue weighted by atomic mass is 10.2. The molecule has 2 atom stereocenters. The first kappa shape index (κ1) is 12.5. The third-order valence-corrected chi connectivity index (χ3v) is 2.61. The van der Waals surface area contributed by atoms with E-state index in [1.54, 1.807) is 24.3 Å². The number of carbonyl (C=O) groups excluding carboxylic acids is 1. The molecule has 1 heterocycles. The van der Waals surface area contributed by atoms with Gasteiger partial charge >= 0.3 is 5.97 Å². The molecule has 1 aliphatic heterocycles. The number of amides is 1. The van der Waals surface area contributed by atoms with E-state index >= 15 is 0 Å². The van der Waals surface area contributed by atoms with Gasteiger partial charge in [0.15, 0.2) is 0 Å². The average molecular weight is 250 g/mol. The van der Waals surface area contributed by atoms with E-state index in [4.69, 9.17) is 9.84 Å². The van der Waals surface area contributed by atoms with Crippen molar-refractivity contribution < 1.29 is 19.4 Å². The smallest absolute Gasteiger partial charge is 0.323 e. The molecule has 1 unspecified atom stereocenters. The summed E-state index contributed by atoms with van der Waals surface area (Å²) in [5.74, 6) is -1.06. The van der Waals surface area contributed by atoms with E-state index in [-0.39, 0.29) is 12.5 Å². The van der Waals surface area contributed by atoms with Crippen LogP contribution in [0.4, 0.5) is 5.69 Å². The molecule has 1 aliphatic rings. The summed E-state index contributed by atoms with van der Waals surface area (Å²) in [5, 5.41) is 14.3. The van der Waals surface area contributed by atoms with Gasteiger partial charge < -0.3 is 15.2 Å². The standard InChI is InChI=1S/C12H14N2O4/c1-7(15)13-9-4-2-8(3-5-9)11-14-10(6-18-11)12(16)17/h2-5,10-11,14H,6H2,1H3,(H,13,15)(H,16,17)/t10-,11?/m0/s1. The second-order valence-corrected chi connectivity index (χ2v) is 4.07. The predicted octanol–water partition coefficient (Wildman–Crippen LogP) is 0.717. The fourth-order valence-electron chi connectivity index (χ4n) is 1.75. The number of rotatable bonds is 3. The summed E-state index contributed by atoms with van der Waals surface area (Å²) in [4.78, 5) is 21.6. The molecule has 6 nitrogen and oxygen atoms in total. The van der Waals surface area contributed by atoms with E-state index in [0.29, 0.717) is 5.69 Å². The van der Waals surface area contributed by atoms with Gasteiger partial charge in [0.2, 0.25) is 5.91 Å². The second kappa shape index (κ2) is 5.16. The Morgan fingerprint density at radius 2 is 2.06 bits per heavy atom. The Morgan fingerprint density at radius 3 is 2.56 bits per heavy atom. The highest BCUT2D eigenvalue weighted by Crippen LogP contribution is 2.22. The van der Waals surface area contributed by atoms with E-state index < -0.39 is 18.2 Å². The highest BCUT2D eigenvalue weighted by molar-refractivity contribution is 5.88. The lowest BCUT2D eigenvalue weighted by molar-refractivity contribution is -0.139. The molecule has 0 bridgehead atoms. The number of nitrogens with one attached hydrogen (secondary N) is 2. The van der Waals surface area contributed by atoms with Crippen molar-refractivity contribution in [2.75, 3.05) is 11.9 Å². The zero-order valence-corrected chi connectivity index (χ0v) is 9.84. The van der Waals surface area contributed by atoms with Crippen molar-refractivity contribution >= 4 is 17.6 Å². The minimum atomic E-state index is -0.924. The molecule has 1 amide bonds. The van der Waals surface area contributed by atoms with Crippen LogP contribution in [-0.2, 0) is 14.3 Å². The summed E-state index contributed by atoms with van der Waals surface area (Å²) >= 11 is 0. The maximum atomic E-state index is 10.9. The Hall–Kier alpha value is -1.92. The normalized spacial score (nSPS) is 22.7. The fraction of sp³-hybridized carbons (Fsp3) is 0.333. The summed E-state index contributed by atoms with van der Waals surface area (Å²) in [7, 11) is 0.